The largest absolute Gasteiger partial charge is 0.507 e. The molecule has 3 aromatic rings. The third kappa shape index (κ3) is 3.06. The molecule has 0 aliphatic rings. The number of benzene rings is 2. The molecular weight excluding hydrogens is 405 g/mol. The highest BCUT2D eigenvalue weighted by Gasteiger charge is 2.18. The van der Waals surface area contributed by atoms with E-state index in [9.17, 15) is 5.11 Å². The second-order valence-corrected chi connectivity index (χ2v) is 6.36. The molecule has 0 saturated heterocycles. The monoisotopic (exact) mass is 421 g/mol. The minimum absolute atomic E-state index is 0.125. The molecule has 0 radical (unpaired) electrons. The van der Waals surface area contributed by atoms with Crippen LogP contribution < -0.4 is 4.74 Å². The van der Waals surface area contributed by atoms with Gasteiger partial charge in [-0.1, -0.05) is 24.2 Å². The fourth-order valence-corrected chi connectivity index (χ4v) is 2.89. The normalized spacial score (nSPS) is 10.7. The van der Waals surface area contributed by atoms with Crippen molar-refractivity contribution in [1.29, 1.82) is 0 Å². The van der Waals surface area contributed by atoms with Gasteiger partial charge in [0.25, 0.3) is 0 Å². The maximum atomic E-state index is 10.4. The topological polar surface area (TPSA) is 55.5 Å². The van der Waals surface area contributed by atoms with E-state index in [0.717, 1.165) is 26.7 Å². The van der Waals surface area contributed by atoms with Crippen molar-refractivity contribution >= 4 is 22.6 Å². The van der Waals surface area contributed by atoms with Gasteiger partial charge in [-0.05, 0) is 58.3 Å². The van der Waals surface area contributed by atoms with Gasteiger partial charge in [-0.2, -0.15) is 0 Å². The van der Waals surface area contributed by atoms with E-state index in [1.165, 1.54) is 0 Å². The summed E-state index contributed by atoms with van der Waals surface area (Å²) in [5.74, 6) is 0.799. The van der Waals surface area contributed by atoms with Crippen LogP contribution in [0.3, 0.4) is 0 Å². The second-order valence-electron chi connectivity index (χ2n) is 5.12. The molecule has 1 N–H and O–H groups in total. The zero-order valence-corrected chi connectivity index (χ0v) is 15.0. The summed E-state index contributed by atoms with van der Waals surface area (Å²) in [6.45, 7) is 2.04. The van der Waals surface area contributed by atoms with Gasteiger partial charge < -0.3 is 14.4 Å². The molecule has 0 spiro atoms. The second kappa shape index (κ2) is 6.62. The van der Waals surface area contributed by atoms with Crippen molar-refractivity contribution in [2.24, 2.45) is 0 Å². The molecule has 1 heterocycles. The highest BCUT2D eigenvalue weighted by Crippen LogP contribution is 2.39. The SMILES string of the molecule is CCc1cc(-c2nocc2-c2ccc(I)cc2)c(O)cc1OC. The highest BCUT2D eigenvalue weighted by molar-refractivity contribution is 14.1. The van der Waals surface area contributed by atoms with Crippen LogP contribution >= 0.6 is 22.6 Å². The molecule has 0 unspecified atom stereocenters. The number of phenolic OH excluding ortho intramolecular Hbond substituents is 1. The van der Waals surface area contributed by atoms with Crippen LogP contribution in [0.2, 0.25) is 0 Å². The Hall–Kier alpha value is -2.02. The first-order valence-electron chi connectivity index (χ1n) is 7.24. The van der Waals surface area contributed by atoms with Crippen molar-refractivity contribution in [3.05, 3.63) is 51.8 Å². The van der Waals surface area contributed by atoms with Gasteiger partial charge in [0.2, 0.25) is 0 Å². The van der Waals surface area contributed by atoms with Gasteiger partial charge in [0.15, 0.2) is 0 Å². The van der Waals surface area contributed by atoms with E-state index in [1.807, 2.05) is 37.3 Å². The molecule has 0 aliphatic carbocycles. The van der Waals surface area contributed by atoms with Crippen molar-refractivity contribution in [2.75, 3.05) is 7.11 Å². The van der Waals surface area contributed by atoms with Crippen LogP contribution in [0, 0.1) is 3.57 Å². The van der Waals surface area contributed by atoms with Gasteiger partial charge in [-0.3, -0.25) is 0 Å². The number of ether oxygens (including phenoxy) is 1. The number of aryl methyl sites for hydroxylation is 1. The summed E-state index contributed by atoms with van der Waals surface area (Å²) in [6.07, 6.45) is 2.40. The quantitative estimate of drug-likeness (QED) is 0.610. The van der Waals surface area contributed by atoms with E-state index in [2.05, 4.69) is 27.7 Å². The average molecular weight is 421 g/mol. The third-order valence-corrected chi connectivity index (χ3v) is 4.48. The molecule has 3 rings (SSSR count). The fourth-order valence-electron chi connectivity index (χ4n) is 2.54. The summed E-state index contributed by atoms with van der Waals surface area (Å²) in [5.41, 5.74) is 4.13. The molecule has 0 saturated carbocycles. The maximum Gasteiger partial charge on any atom is 0.132 e. The summed E-state index contributed by atoms with van der Waals surface area (Å²) in [5, 5.41) is 14.5. The van der Waals surface area contributed by atoms with Crippen molar-refractivity contribution in [3.8, 4) is 33.9 Å². The molecule has 2 aromatic carbocycles. The van der Waals surface area contributed by atoms with Gasteiger partial charge in [-0.15, -0.1) is 0 Å². The zero-order chi connectivity index (χ0) is 16.4. The predicted octanol–water partition coefficient (Wildman–Crippen LogP) is 4.89. The summed E-state index contributed by atoms with van der Waals surface area (Å²) >= 11 is 2.26. The Bertz CT molecular complexity index is 825. The molecule has 0 amide bonds. The van der Waals surface area contributed by atoms with Crippen molar-refractivity contribution in [3.63, 3.8) is 0 Å². The standard InChI is InChI=1S/C18H16INO3/c1-3-11-8-14(16(21)9-17(11)22-2)18-15(10-23-20-18)12-4-6-13(19)7-5-12/h4-10,21H,3H2,1-2H3. The highest BCUT2D eigenvalue weighted by atomic mass is 127. The number of nitrogens with zero attached hydrogens (tertiary/aromatic N) is 1. The number of aromatic hydroxyl groups is 1. The molecule has 0 aliphatic heterocycles. The lowest BCUT2D eigenvalue weighted by Gasteiger charge is -2.11. The van der Waals surface area contributed by atoms with Crippen LogP contribution in [-0.2, 0) is 6.42 Å². The van der Waals surface area contributed by atoms with Gasteiger partial charge in [0.1, 0.15) is 23.5 Å². The van der Waals surface area contributed by atoms with Crippen LogP contribution in [0.1, 0.15) is 12.5 Å². The maximum absolute atomic E-state index is 10.4. The third-order valence-electron chi connectivity index (χ3n) is 3.76. The summed E-state index contributed by atoms with van der Waals surface area (Å²) in [6, 6.07) is 11.6. The molecule has 0 fully saturated rings. The Morgan fingerprint density at radius 1 is 1.17 bits per heavy atom. The number of rotatable bonds is 4. The molecule has 4 nitrogen and oxygen atoms in total. The Labute approximate surface area is 148 Å². The summed E-state index contributed by atoms with van der Waals surface area (Å²) in [4.78, 5) is 0. The number of aromatic nitrogens is 1. The number of phenols is 1. The van der Waals surface area contributed by atoms with Gasteiger partial charge >= 0.3 is 0 Å². The van der Waals surface area contributed by atoms with E-state index in [1.54, 1.807) is 19.4 Å². The lowest BCUT2D eigenvalue weighted by atomic mass is 9.98. The minimum Gasteiger partial charge on any atom is -0.507 e. The minimum atomic E-state index is 0.125. The fraction of sp³-hybridized carbons (Fsp3) is 0.167. The van der Waals surface area contributed by atoms with E-state index in [-0.39, 0.29) is 5.75 Å². The molecular formula is C18H16INO3. The van der Waals surface area contributed by atoms with Gasteiger partial charge in [-0.25, -0.2) is 0 Å². The number of methoxy groups -OCH3 is 1. The Morgan fingerprint density at radius 3 is 2.57 bits per heavy atom. The first-order chi connectivity index (χ1) is 11.1. The van der Waals surface area contributed by atoms with Crippen LogP contribution in [-0.4, -0.2) is 17.4 Å². The van der Waals surface area contributed by atoms with Crippen molar-refractivity contribution in [1.82, 2.24) is 5.16 Å². The summed E-state index contributed by atoms with van der Waals surface area (Å²) in [7, 11) is 1.60. The van der Waals surface area contributed by atoms with Crippen molar-refractivity contribution < 1.29 is 14.4 Å². The summed E-state index contributed by atoms with van der Waals surface area (Å²) < 4.78 is 11.6. The first-order valence-corrected chi connectivity index (χ1v) is 8.32. The van der Waals surface area contributed by atoms with Crippen LogP contribution in [0.25, 0.3) is 22.4 Å². The molecule has 118 valence electrons. The Kier molecular flexibility index (Phi) is 4.56. The van der Waals surface area contributed by atoms with Crippen molar-refractivity contribution in [2.45, 2.75) is 13.3 Å². The Morgan fingerprint density at radius 2 is 1.91 bits per heavy atom. The van der Waals surface area contributed by atoms with Crippen LogP contribution in [0.5, 0.6) is 11.5 Å². The van der Waals surface area contributed by atoms with Crippen LogP contribution in [0.15, 0.2) is 47.2 Å². The number of halogens is 1. The molecule has 1 aromatic heterocycles. The van der Waals surface area contributed by atoms with Gasteiger partial charge in [0.05, 0.1) is 7.11 Å². The Balaban J connectivity index is 2.13. The van der Waals surface area contributed by atoms with E-state index in [4.69, 9.17) is 9.26 Å². The number of hydrogen-bond donors (Lipinski definition) is 1. The molecule has 23 heavy (non-hydrogen) atoms. The first kappa shape index (κ1) is 15.9. The molecule has 5 heteroatoms. The lowest BCUT2D eigenvalue weighted by Crippen LogP contribution is -1.93. The predicted molar refractivity (Wildman–Crippen MR) is 97.7 cm³/mol. The average Bonchev–Trinajstić information content (AvgIpc) is 3.04. The van der Waals surface area contributed by atoms with Crippen LogP contribution in [0.4, 0.5) is 0 Å². The van der Waals surface area contributed by atoms with E-state index < -0.39 is 0 Å². The zero-order valence-electron chi connectivity index (χ0n) is 12.8. The van der Waals surface area contributed by atoms with E-state index >= 15 is 0 Å². The number of hydrogen-bond acceptors (Lipinski definition) is 4. The smallest absolute Gasteiger partial charge is 0.132 e. The van der Waals surface area contributed by atoms with E-state index in [0.29, 0.717) is 17.0 Å². The lowest BCUT2D eigenvalue weighted by molar-refractivity contribution is 0.403. The molecule has 0 bridgehead atoms. The molecule has 0 atom stereocenters. The van der Waals surface area contributed by atoms with Gasteiger partial charge in [0, 0.05) is 20.8 Å².